The summed E-state index contributed by atoms with van der Waals surface area (Å²) in [4.78, 5) is 11.5. The van der Waals surface area contributed by atoms with E-state index in [9.17, 15) is 4.79 Å². The average molecular weight is 198 g/mol. The Morgan fingerprint density at radius 1 is 1.57 bits per heavy atom. The maximum Gasteiger partial charge on any atom is 0.224 e. The lowest BCUT2D eigenvalue weighted by molar-refractivity contribution is -0.124. The summed E-state index contributed by atoms with van der Waals surface area (Å²) in [6.07, 6.45) is 6.80. The molecule has 0 saturated carbocycles. The Morgan fingerprint density at radius 2 is 2.29 bits per heavy atom. The second-order valence-electron chi connectivity index (χ2n) is 3.37. The summed E-state index contributed by atoms with van der Waals surface area (Å²) in [6, 6.07) is 0. The molecule has 0 rings (SSSR count). The highest BCUT2D eigenvalue weighted by atomic mass is 16.1. The van der Waals surface area contributed by atoms with Crippen molar-refractivity contribution in [2.75, 3.05) is 13.1 Å². The molecule has 82 valence electrons. The van der Waals surface area contributed by atoms with Crippen LogP contribution >= 0.6 is 0 Å². The monoisotopic (exact) mass is 198 g/mol. The van der Waals surface area contributed by atoms with Crippen molar-refractivity contribution in [1.82, 2.24) is 5.32 Å². The number of carbonyl (C=O) groups excluding carboxylic acids is 1. The van der Waals surface area contributed by atoms with Crippen LogP contribution in [0.5, 0.6) is 0 Å². The number of carbonyl (C=O) groups is 1. The molecule has 0 bridgehead atoms. The predicted octanol–water partition coefficient (Wildman–Crippen LogP) is 1.44. The van der Waals surface area contributed by atoms with Crippen LogP contribution in [0.3, 0.4) is 0 Å². The quantitative estimate of drug-likeness (QED) is 0.480. The minimum Gasteiger partial charge on any atom is -0.356 e. The van der Waals surface area contributed by atoms with E-state index in [2.05, 4.69) is 12.2 Å². The van der Waals surface area contributed by atoms with Crippen LogP contribution in [0.4, 0.5) is 0 Å². The minimum absolute atomic E-state index is 0.00870. The second-order valence-corrected chi connectivity index (χ2v) is 3.37. The number of nitrogens with one attached hydrogen (secondary N) is 1. The summed E-state index contributed by atoms with van der Waals surface area (Å²) in [7, 11) is 0. The van der Waals surface area contributed by atoms with Crippen molar-refractivity contribution < 1.29 is 4.79 Å². The molecule has 1 amide bonds. The molecular formula is C11H22N2O. The van der Waals surface area contributed by atoms with Gasteiger partial charge in [-0.05, 0) is 19.8 Å². The fourth-order valence-corrected chi connectivity index (χ4v) is 1.29. The molecule has 1 atom stereocenters. The third kappa shape index (κ3) is 5.75. The first kappa shape index (κ1) is 13.2. The number of amides is 1. The van der Waals surface area contributed by atoms with Crippen molar-refractivity contribution >= 4 is 5.91 Å². The summed E-state index contributed by atoms with van der Waals surface area (Å²) < 4.78 is 0. The molecule has 3 heteroatoms. The highest BCUT2D eigenvalue weighted by molar-refractivity contribution is 5.78. The van der Waals surface area contributed by atoms with E-state index in [0.29, 0.717) is 13.1 Å². The lowest BCUT2D eigenvalue weighted by Crippen LogP contribution is -2.35. The zero-order valence-corrected chi connectivity index (χ0v) is 9.25. The van der Waals surface area contributed by atoms with Gasteiger partial charge in [0, 0.05) is 13.1 Å². The highest BCUT2D eigenvalue weighted by Gasteiger charge is 2.14. The molecule has 0 spiro atoms. The molecule has 0 aromatic heterocycles. The summed E-state index contributed by atoms with van der Waals surface area (Å²) in [5.74, 6) is 0.0875. The molecule has 14 heavy (non-hydrogen) atoms. The van der Waals surface area contributed by atoms with E-state index in [1.165, 1.54) is 0 Å². The van der Waals surface area contributed by atoms with Gasteiger partial charge in [-0.25, -0.2) is 0 Å². The third-order valence-corrected chi connectivity index (χ3v) is 2.14. The molecule has 1 unspecified atom stereocenters. The number of allylic oxidation sites excluding steroid dienone is 1. The van der Waals surface area contributed by atoms with Crippen LogP contribution < -0.4 is 11.1 Å². The predicted molar refractivity (Wildman–Crippen MR) is 59.9 cm³/mol. The van der Waals surface area contributed by atoms with Crippen LogP contribution in [-0.4, -0.2) is 19.0 Å². The molecular weight excluding hydrogens is 176 g/mol. The molecule has 0 aliphatic carbocycles. The molecule has 0 heterocycles. The number of hydrogen-bond acceptors (Lipinski definition) is 2. The molecule has 0 aromatic carbocycles. The number of nitrogens with two attached hydrogens (primary N) is 1. The molecule has 0 aliphatic rings. The molecule has 0 radical (unpaired) electrons. The largest absolute Gasteiger partial charge is 0.356 e. The highest BCUT2D eigenvalue weighted by Crippen LogP contribution is 2.03. The van der Waals surface area contributed by atoms with Gasteiger partial charge in [0.25, 0.3) is 0 Å². The van der Waals surface area contributed by atoms with Crippen molar-refractivity contribution in [3.05, 3.63) is 12.2 Å². The summed E-state index contributed by atoms with van der Waals surface area (Å²) in [5.41, 5.74) is 5.52. The fraction of sp³-hybridized carbons (Fsp3) is 0.727. The second kappa shape index (κ2) is 8.75. The summed E-state index contributed by atoms with van der Waals surface area (Å²) in [5, 5.41) is 2.88. The third-order valence-electron chi connectivity index (χ3n) is 2.14. The Balaban J connectivity index is 3.69. The van der Waals surface area contributed by atoms with Crippen LogP contribution in [0.2, 0.25) is 0 Å². The zero-order chi connectivity index (χ0) is 10.8. The maximum atomic E-state index is 11.5. The van der Waals surface area contributed by atoms with Crippen LogP contribution in [0.25, 0.3) is 0 Å². The van der Waals surface area contributed by atoms with Crippen LogP contribution in [0.1, 0.15) is 33.1 Å². The summed E-state index contributed by atoms with van der Waals surface area (Å²) >= 11 is 0. The van der Waals surface area contributed by atoms with Crippen molar-refractivity contribution in [2.24, 2.45) is 11.7 Å². The van der Waals surface area contributed by atoms with Gasteiger partial charge in [0.05, 0.1) is 5.92 Å². The van der Waals surface area contributed by atoms with Crippen molar-refractivity contribution in [3.8, 4) is 0 Å². The first-order valence-electron chi connectivity index (χ1n) is 5.35. The Bertz CT molecular complexity index is 178. The lowest BCUT2D eigenvalue weighted by atomic mass is 10.0. The topological polar surface area (TPSA) is 55.1 Å². The Labute approximate surface area is 86.8 Å². The van der Waals surface area contributed by atoms with E-state index < -0.39 is 0 Å². The van der Waals surface area contributed by atoms with Gasteiger partial charge in [-0.15, -0.1) is 0 Å². The van der Waals surface area contributed by atoms with Gasteiger partial charge >= 0.3 is 0 Å². The van der Waals surface area contributed by atoms with Crippen molar-refractivity contribution in [2.45, 2.75) is 33.1 Å². The van der Waals surface area contributed by atoms with Gasteiger partial charge in [-0.1, -0.05) is 25.5 Å². The lowest BCUT2D eigenvalue weighted by Gasteiger charge is -2.13. The van der Waals surface area contributed by atoms with Gasteiger partial charge in [0.2, 0.25) is 5.91 Å². The van der Waals surface area contributed by atoms with Crippen LogP contribution in [0, 0.1) is 5.92 Å². The van der Waals surface area contributed by atoms with Gasteiger partial charge in [0.1, 0.15) is 0 Å². The molecule has 0 fully saturated rings. The number of rotatable bonds is 7. The van der Waals surface area contributed by atoms with E-state index in [1.54, 1.807) is 0 Å². The Morgan fingerprint density at radius 3 is 2.79 bits per heavy atom. The average Bonchev–Trinajstić information content (AvgIpc) is 2.20. The smallest absolute Gasteiger partial charge is 0.224 e. The van der Waals surface area contributed by atoms with Crippen LogP contribution in [0.15, 0.2) is 12.2 Å². The van der Waals surface area contributed by atoms with Gasteiger partial charge in [0.15, 0.2) is 0 Å². The van der Waals surface area contributed by atoms with E-state index in [-0.39, 0.29) is 11.8 Å². The normalized spacial score (nSPS) is 13.1. The molecule has 3 N–H and O–H groups in total. The maximum absolute atomic E-state index is 11.5. The molecule has 0 saturated heterocycles. The van der Waals surface area contributed by atoms with Crippen molar-refractivity contribution in [1.29, 1.82) is 0 Å². The van der Waals surface area contributed by atoms with Crippen molar-refractivity contribution in [3.63, 3.8) is 0 Å². The van der Waals surface area contributed by atoms with E-state index >= 15 is 0 Å². The zero-order valence-electron chi connectivity index (χ0n) is 9.25. The molecule has 0 aromatic rings. The van der Waals surface area contributed by atoms with E-state index in [1.807, 2.05) is 19.1 Å². The first-order chi connectivity index (χ1) is 6.76. The molecule has 0 aliphatic heterocycles. The summed E-state index contributed by atoms with van der Waals surface area (Å²) in [6.45, 7) is 5.20. The van der Waals surface area contributed by atoms with Gasteiger partial charge < -0.3 is 11.1 Å². The standard InChI is InChI=1S/C11H22N2O/c1-3-5-6-8-13-11(14)10(9-12)7-4-2/h3,5,10H,4,6-9,12H2,1-2H3,(H,13,14)/b5-3+. The Kier molecular flexibility index (Phi) is 8.24. The SMILES string of the molecule is C/C=C/CCNC(=O)C(CN)CCC. The first-order valence-corrected chi connectivity index (χ1v) is 5.35. The van der Waals surface area contributed by atoms with E-state index in [4.69, 9.17) is 5.73 Å². The Hall–Kier alpha value is -0.830. The van der Waals surface area contributed by atoms with E-state index in [0.717, 1.165) is 19.3 Å². The van der Waals surface area contributed by atoms with Gasteiger partial charge in [-0.3, -0.25) is 4.79 Å². The van der Waals surface area contributed by atoms with Gasteiger partial charge in [-0.2, -0.15) is 0 Å². The number of hydrogen-bond donors (Lipinski definition) is 2. The fourth-order valence-electron chi connectivity index (χ4n) is 1.29. The molecule has 3 nitrogen and oxygen atoms in total. The van der Waals surface area contributed by atoms with Crippen LogP contribution in [-0.2, 0) is 4.79 Å². The minimum atomic E-state index is -0.00870.